The van der Waals surface area contributed by atoms with Crippen LogP contribution in [0.25, 0.3) is 0 Å². The molecule has 0 saturated heterocycles. The van der Waals surface area contributed by atoms with E-state index in [1.807, 2.05) is 11.0 Å². The van der Waals surface area contributed by atoms with Crippen molar-refractivity contribution < 1.29 is 9.59 Å². The third-order valence-corrected chi connectivity index (χ3v) is 6.79. The topological polar surface area (TPSA) is 52.7 Å². The molecule has 0 fully saturated rings. The number of hydrogen-bond donors (Lipinski definition) is 1. The van der Waals surface area contributed by atoms with E-state index in [0.717, 1.165) is 38.9 Å². The number of hydrogen-bond acceptors (Lipinski definition) is 3. The van der Waals surface area contributed by atoms with Crippen molar-refractivity contribution in [2.24, 2.45) is 0 Å². The van der Waals surface area contributed by atoms with Crippen molar-refractivity contribution in [3.8, 4) is 0 Å². The quantitative estimate of drug-likeness (QED) is 0.852. The molecule has 30 heavy (non-hydrogen) atoms. The van der Waals surface area contributed by atoms with Gasteiger partial charge in [-0.1, -0.05) is 42.5 Å². The molecule has 0 radical (unpaired) electrons. The third-order valence-electron chi connectivity index (χ3n) is 6.79. The summed E-state index contributed by atoms with van der Waals surface area (Å²) in [6.07, 6.45) is 4.68. The van der Waals surface area contributed by atoms with Crippen LogP contribution in [0.4, 0.5) is 5.69 Å². The average molecular weight is 404 g/mol. The summed E-state index contributed by atoms with van der Waals surface area (Å²) in [5, 5.41) is 3.21. The molecule has 0 aliphatic carbocycles. The van der Waals surface area contributed by atoms with Gasteiger partial charge in [-0.2, -0.15) is 0 Å². The normalized spacial score (nSPS) is 19.7. The predicted molar refractivity (Wildman–Crippen MR) is 117 cm³/mol. The van der Waals surface area contributed by atoms with E-state index < -0.39 is 0 Å². The van der Waals surface area contributed by atoms with E-state index in [2.05, 4.69) is 46.6 Å². The Bertz CT molecular complexity index is 971. The van der Waals surface area contributed by atoms with Crippen LogP contribution in [0.2, 0.25) is 0 Å². The zero-order chi connectivity index (χ0) is 20.5. The lowest BCUT2D eigenvalue weighted by Gasteiger charge is -2.40. The van der Waals surface area contributed by atoms with Crippen LogP contribution in [0.1, 0.15) is 54.0 Å². The maximum atomic E-state index is 12.7. The van der Waals surface area contributed by atoms with E-state index in [1.54, 1.807) is 0 Å². The Morgan fingerprint density at radius 1 is 0.900 bits per heavy atom. The first-order chi connectivity index (χ1) is 14.7. The summed E-state index contributed by atoms with van der Waals surface area (Å²) in [6, 6.07) is 14.8. The average Bonchev–Trinajstić information content (AvgIpc) is 2.79. The largest absolute Gasteiger partial charge is 0.371 e. The zero-order valence-corrected chi connectivity index (χ0v) is 17.4. The second kappa shape index (κ2) is 8.13. The van der Waals surface area contributed by atoms with Gasteiger partial charge >= 0.3 is 0 Å². The summed E-state index contributed by atoms with van der Waals surface area (Å²) in [7, 11) is 0. The number of rotatable bonds is 4. The minimum atomic E-state index is -0.0207. The highest BCUT2D eigenvalue weighted by atomic mass is 16.2. The van der Waals surface area contributed by atoms with E-state index >= 15 is 0 Å². The van der Waals surface area contributed by atoms with Gasteiger partial charge in [0.15, 0.2) is 0 Å². The molecule has 2 amide bonds. The van der Waals surface area contributed by atoms with Crippen LogP contribution in [-0.2, 0) is 29.0 Å². The molecule has 1 atom stereocenters. The Labute approximate surface area is 178 Å². The van der Waals surface area contributed by atoms with Gasteiger partial charge in [0.2, 0.25) is 11.8 Å². The van der Waals surface area contributed by atoms with E-state index in [1.165, 1.54) is 34.4 Å². The van der Waals surface area contributed by atoms with Crippen molar-refractivity contribution in [3.63, 3.8) is 0 Å². The summed E-state index contributed by atoms with van der Waals surface area (Å²) in [5.74, 6) is 0.0548. The third kappa shape index (κ3) is 3.69. The number of anilines is 1. The number of benzene rings is 2. The van der Waals surface area contributed by atoms with E-state index in [0.29, 0.717) is 6.54 Å². The molecule has 3 aliphatic heterocycles. The lowest BCUT2D eigenvalue weighted by atomic mass is 9.89. The number of carbonyl (C=O) groups is 2. The first-order valence-electron chi connectivity index (χ1n) is 11.2. The summed E-state index contributed by atoms with van der Waals surface area (Å²) in [5.41, 5.74) is 6.53. The van der Waals surface area contributed by atoms with Gasteiger partial charge in [0.1, 0.15) is 0 Å². The molecule has 1 N–H and O–H groups in total. The summed E-state index contributed by atoms with van der Waals surface area (Å²) < 4.78 is 0. The van der Waals surface area contributed by atoms with Crippen molar-refractivity contribution in [3.05, 3.63) is 64.7 Å². The summed E-state index contributed by atoms with van der Waals surface area (Å²) in [4.78, 5) is 29.7. The van der Waals surface area contributed by atoms with Crippen LogP contribution >= 0.6 is 0 Å². The molecular formula is C25H29N3O2. The van der Waals surface area contributed by atoms with E-state index in [-0.39, 0.29) is 30.7 Å². The number of fused-ring (bicyclic) bond motifs is 1. The highest BCUT2D eigenvalue weighted by molar-refractivity contribution is 5.84. The molecule has 156 valence electrons. The van der Waals surface area contributed by atoms with Crippen LogP contribution < -0.4 is 10.2 Å². The fourth-order valence-electron chi connectivity index (χ4n) is 5.22. The van der Waals surface area contributed by atoms with E-state index in [9.17, 15) is 9.59 Å². The molecule has 0 saturated carbocycles. The molecule has 2 aromatic rings. The monoisotopic (exact) mass is 403 g/mol. The van der Waals surface area contributed by atoms with Gasteiger partial charge in [-0.25, -0.2) is 0 Å². The minimum Gasteiger partial charge on any atom is -0.371 e. The van der Waals surface area contributed by atoms with Gasteiger partial charge in [0, 0.05) is 44.7 Å². The molecule has 0 bridgehead atoms. The number of amides is 2. The maximum absolute atomic E-state index is 12.7. The molecule has 0 aromatic heterocycles. The predicted octanol–water partition coefficient (Wildman–Crippen LogP) is 3.37. The fraction of sp³-hybridized carbons (Fsp3) is 0.440. The van der Waals surface area contributed by atoms with Crippen LogP contribution in [-0.4, -0.2) is 36.3 Å². The van der Waals surface area contributed by atoms with Crippen LogP contribution in [0.15, 0.2) is 42.5 Å². The number of aryl methyl sites for hydroxylation is 1. The number of carbonyl (C=O) groups excluding carboxylic acids is 2. The van der Waals surface area contributed by atoms with Crippen molar-refractivity contribution in [2.45, 2.75) is 51.1 Å². The molecular weight excluding hydrogens is 374 g/mol. The standard InChI is InChI=1S/C25H29N3O2/c29-23(10-11-24(30)28-15-12-18-5-1-2-6-20(18)17-28)26-22-13-16-27-14-4-8-19-7-3-9-21(22)25(19)27/h1-3,5-7,9,22H,4,8,10-17H2,(H,26,29)/t22-/m0/s1. The van der Waals surface area contributed by atoms with Crippen molar-refractivity contribution in [2.75, 3.05) is 24.5 Å². The smallest absolute Gasteiger partial charge is 0.223 e. The lowest BCUT2D eigenvalue weighted by Crippen LogP contribution is -2.41. The second-order valence-corrected chi connectivity index (χ2v) is 8.69. The molecule has 3 aliphatic rings. The summed E-state index contributed by atoms with van der Waals surface area (Å²) >= 11 is 0. The Kier molecular flexibility index (Phi) is 5.19. The van der Waals surface area contributed by atoms with Crippen molar-refractivity contribution in [1.82, 2.24) is 10.2 Å². The van der Waals surface area contributed by atoms with E-state index in [4.69, 9.17) is 0 Å². The molecule has 5 heteroatoms. The first kappa shape index (κ1) is 19.2. The van der Waals surface area contributed by atoms with Crippen LogP contribution in [0.3, 0.4) is 0 Å². The van der Waals surface area contributed by atoms with Gasteiger partial charge in [-0.05, 0) is 47.9 Å². The van der Waals surface area contributed by atoms with Gasteiger partial charge in [-0.3, -0.25) is 9.59 Å². The Morgan fingerprint density at radius 3 is 2.63 bits per heavy atom. The van der Waals surface area contributed by atoms with Gasteiger partial charge in [-0.15, -0.1) is 0 Å². The SMILES string of the molecule is O=C(CCC(=O)N1CCc2ccccc2C1)N[C@H]1CCN2CCCc3cccc1c32. The highest BCUT2D eigenvalue weighted by Gasteiger charge is 2.30. The Hall–Kier alpha value is -2.82. The number of nitrogens with one attached hydrogen (secondary N) is 1. The van der Waals surface area contributed by atoms with Crippen molar-refractivity contribution in [1.29, 1.82) is 0 Å². The van der Waals surface area contributed by atoms with Crippen LogP contribution in [0.5, 0.6) is 0 Å². The van der Waals surface area contributed by atoms with Crippen molar-refractivity contribution >= 4 is 17.5 Å². The van der Waals surface area contributed by atoms with Gasteiger partial charge in [0.25, 0.3) is 0 Å². The fourth-order valence-corrected chi connectivity index (χ4v) is 5.22. The molecule has 0 spiro atoms. The lowest BCUT2D eigenvalue weighted by molar-refractivity contribution is -0.134. The number of para-hydroxylation sites is 1. The molecule has 2 aromatic carbocycles. The number of nitrogens with zero attached hydrogens (tertiary/aromatic N) is 2. The zero-order valence-electron chi connectivity index (χ0n) is 17.4. The van der Waals surface area contributed by atoms with Gasteiger partial charge in [0.05, 0.1) is 6.04 Å². The molecule has 3 heterocycles. The first-order valence-corrected chi connectivity index (χ1v) is 11.2. The molecule has 5 nitrogen and oxygen atoms in total. The highest BCUT2D eigenvalue weighted by Crippen LogP contribution is 2.39. The summed E-state index contributed by atoms with van der Waals surface area (Å²) in [6.45, 7) is 3.50. The second-order valence-electron chi connectivity index (χ2n) is 8.69. The molecule has 0 unspecified atom stereocenters. The Morgan fingerprint density at radius 2 is 1.73 bits per heavy atom. The molecule has 5 rings (SSSR count). The minimum absolute atomic E-state index is 0.0207. The Balaban J connectivity index is 1.18. The van der Waals surface area contributed by atoms with Crippen LogP contribution in [0, 0.1) is 0 Å². The maximum Gasteiger partial charge on any atom is 0.223 e. The van der Waals surface area contributed by atoms with Gasteiger partial charge < -0.3 is 15.1 Å².